The summed E-state index contributed by atoms with van der Waals surface area (Å²) in [5, 5.41) is 8.53. The number of hydrogen-bond donors (Lipinski definition) is 1. The van der Waals surface area contributed by atoms with Crippen molar-refractivity contribution in [3.8, 4) is 0 Å². The summed E-state index contributed by atoms with van der Waals surface area (Å²) in [6.07, 6.45) is 5.73. The fourth-order valence-electron chi connectivity index (χ4n) is 1.47. The highest BCUT2D eigenvalue weighted by atomic mass is 16.5. The number of likely N-dealkylation sites (N-methyl/N-ethyl adjacent to an activating group) is 1. The standard InChI is InChI=1S/C13H19N3O3/c1-3-16(7-8-19-4-2)13-14-9-11(10-15-13)5-6-12(17)18/h5-6,9-10H,3-4,7-8H2,1-2H3,(H,17,18)/b6-5+. The number of nitrogens with zero attached hydrogens (tertiary/aromatic N) is 3. The van der Waals surface area contributed by atoms with E-state index in [0.717, 1.165) is 19.2 Å². The minimum absolute atomic E-state index is 0.620. The molecule has 1 N–H and O–H groups in total. The van der Waals surface area contributed by atoms with E-state index in [1.807, 2.05) is 18.7 Å². The van der Waals surface area contributed by atoms with Gasteiger partial charge in [0.15, 0.2) is 0 Å². The highest BCUT2D eigenvalue weighted by Crippen LogP contribution is 2.07. The van der Waals surface area contributed by atoms with Crippen LogP contribution in [0, 0.1) is 0 Å². The number of hydrogen-bond acceptors (Lipinski definition) is 5. The van der Waals surface area contributed by atoms with Crippen molar-refractivity contribution in [2.24, 2.45) is 0 Å². The second-order valence-corrected chi connectivity index (χ2v) is 3.76. The molecule has 104 valence electrons. The normalized spacial score (nSPS) is 10.8. The number of carboxylic acids is 1. The zero-order valence-electron chi connectivity index (χ0n) is 11.2. The zero-order valence-corrected chi connectivity index (χ0v) is 11.2. The lowest BCUT2D eigenvalue weighted by Crippen LogP contribution is -2.28. The van der Waals surface area contributed by atoms with Gasteiger partial charge in [-0.05, 0) is 19.9 Å². The summed E-state index contributed by atoms with van der Waals surface area (Å²) < 4.78 is 5.30. The van der Waals surface area contributed by atoms with Crippen molar-refractivity contribution in [2.75, 3.05) is 31.2 Å². The molecule has 0 aliphatic heterocycles. The molecule has 0 aliphatic carbocycles. The molecule has 0 spiro atoms. The monoisotopic (exact) mass is 265 g/mol. The molecule has 6 nitrogen and oxygen atoms in total. The van der Waals surface area contributed by atoms with E-state index < -0.39 is 5.97 Å². The van der Waals surface area contributed by atoms with Crippen molar-refractivity contribution < 1.29 is 14.6 Å². The first-order valence-electron chi connectivity index (χ1n) is 6.23. The molecular weight excluding hydrogens is 246 g/mol. The van der Waals surface area contributed by atoms with Crippen LogP contribution in [0.2, 0.25) is 0 Å². The molecule has 19 heavy (non-hydrogen) atoms. The van der Waals surface area contributed by atoms with Gasteiger partial charge in [-0.1, -0.05) is 0 Å². The molecule has 0 saturated carbocycles. The van der Waals surface area contributed by atoms with E-state index in [1.54, 1.807) is 12.4 Å². The number of anilines is 1. The lowest BCUT2D eigenvalue weighted by molar-refractivity contribution is -0.131. The molecule has 0 amide bonds. The van der Waals surface area contributed by atoms with Crippen molar-refractivity contribution in [3.05, 3.63) is 24.0 Å². The Bertz CT molecular complexity index is 418. The van der Waals surface area contributed by atoms with Gasteiger partial charge in [0, 0.05) is 43.7 Å². The smallest absolute Gasteiger partial charge is 0.328 e. The van der Waals surface area contributed by atoms with Crippen molar-refractivity contribution in [1.29, 1.82) is 0 Å². The summed E-state index contributed by atoms with van der Waals surface area (Å²) in [4.78, 5) is 20.8. The van der Waals surface area contributed by atoms with E-state index in [1.165, 1.54) is 6.08 Å². The number of aliphatic carboxylic acids is 1. The third-order valence-corrected chi connectivity index (χ3v) is 2.45. The van der Waals surface area contributed by atoms with Gasteiger partial charge < -0.3 is 14.7 Å². The fourth-order valence-corrected chi connectivity index (χ4v) is 1.47. The van der Waals surface area contributed by atoms with E-state index in [-0.39, 0.29) is 0 Å². The maximum atomic E-state index is 10.4. The molecule has 1 heterocycles. The maximum absolute atomic E-state index is 10.4. The third kappa shape index (κ3) is 5.48. The van der Waals surface area contributed by atoms with Gasteiger partial charge in [0.1, 0.15) is 0 Å². The SMILES string of the molecule is CCOCCN(CC)c1ncc(/C=C/C(=O)O)cn1. The number of carbonyl (C=O) groups is 1. The fraction of sp³-hybridized carbons (Fsp3) is 0.462. The van der Waals surface area contributed by atoms with Crippen LogP contribution < -0.4 is 4.90 Å². The van der Waals surface area contributed by atoms with Crippen LogP contribution in [0.15, 0.2) is 18.5 Å². The summed E-state index contributed by atoms with van der Waals surface area (Å²) in [7, 11) is 0. The van der Waals surface area contributed by atoms with E-state index >= 15 is 0 Å². The lowest BCUT2D eigenvalue weighted by Gasteiger charge is -2.20. The Labute approximate surface area is 112 Å². The Balaban J connectivity index is 2.64. The lowest BCUT2D eigenvalue weighted by atomic mass is 10.3. The second kappa shape index (κ2) is 8.20. The molecule has 0 aromatic carbocycles. The van der Waals surface area contributed by atoms with Gasteiger partial charge in [0.05, 0.1) is 6.61 Å². The van der Waals surface area contributed by atoms with Crippen LogP contribution in [0.3, 0.4) is 0 Å². The quantitative estimate of drug-likeness (QED) is 0.566. The maximum Gasteiger partial charge on any atom is 0.328 e. The van der Waals surface area contributed by atoms with E-state index in [9.17, 15) is 4.79 Å². The predicted molar refractivity (Wildman–Crippen MR) is 73.1 cm³/mol. The molecule has 0 fully saturated rings. The van der Waals surface area contributed by atoms with Crippen LogP contribution in [-0.2, 0) is 9.53 Å². The van der Waals surface area contributed by atoms with E-state index in [0.29, 0.717) is 24.7 Å². The van der Waals surface area contributed by atoms with Gasteiger partial charge in [-0.3, -0.25) is 0 Å². The minimum atomic E-state index is -0.990. The van der Waals surface area contributed by atoms with E-state index in [4.69, 9.17) is 9.84 Å². The van der Waals surface area contributed by atoms with Gasteiger partial charge in [-0.25, -0.2) is 14.8 Å². The Morgan fingerprint density at radius 3 is 2.63 bits per heavy atom. The van der Waals surface area contributed by atoms with Gasteiger partial charge in [0.2, 0.25) is 5.95 Å². The summed E-state index contributed by atoms with van der Waals surface area (Å²) in [6.45, 7) is 6.82. The third-order valence-electron chi connectivity index (χ3n) is 2.45. The van der Waals surface area contributed by atoms with Crippen molar-refractivity contribution >= 4 is 18.0 Å². The minimum Gasteiger partial charge on any atom is -0.478 e. The molecule has 0 aliphatic rings. The number of rotatable bonds is 8. The van der Waals surface area contributed by atoms with Crippen LogP contribution in [0.4, 0.5) is 5.95 Å². The van der Waals surface area contributed by atoms with Crippen molar-refractivity contribution in [2.45, 2.75) is 13.8 Å². The average Bonchev–Trinajstić information content (AvgIpc) is 2.42. The molecule has 0 unspecified atom stereocenters. The second-order valence-electron chi connectivity index (χ2n) is 3.76. The first-order chi connectivity index (χ1) is 9.17. The van der Waals surface area contributed by atoms with Gasteiger partial charge in [0.25, 0.3) is 0 Å². The highest BCUT2D eigenvalue weighted by Gasteiger charge is 2.06. The summed E-state index contributed by atoms with van der Waals surface area (Å²) in [5.74, 6) is -0.370. The molecular formula is C13H19N3O3. The van der Waals surface area contributed by atoms with Crippen molar-refractivity contribution in [3.63, 3.8) is 0 Å². The van der Waals surface area contributed by atoms with Gasteiger partial charge in [-0.2, -0.15) is 0 Å². The number of ether oxygens (including phenoxy) is 1. The largest absolute Gasteiger partial charge is 0.478 e. The number of carboxylic acid groups (broad SMARTS) is 1. The summed E-state index contributed by atoms with van der Waals surface area (Å²) in [6, 6.07) is 0. The van der Waals surface area contributed by atoms with Crippen LogP contribution >= 0.6 is 0 Å². The Hall–Kier alpha value is -1.95. The summed E-state index contributed by atoms with van der Waals surface area (Å²) in [5.41, 5.74) is 0.659. The Morgan fingerprint density at radius 2 is 2.11 bits per heavy atom. The van der Waals surface area contributed by atoms with E-state index in [2.05, 4.69) is 9.97 Å². The summed E-state index contributed by atoms with van der Waals surface area (Å²) >= 11 is 0. The van der Waals surface area contributed by atoms with Crippen LogP contribution in [0.1, 0.15) is 19.4 Å². The van der Waals surface area contributed by atoms with Crippen LogP contribution in [-0.4, -0.2) is 47.3 Å². The molecule has 0 radical (unpaired) electrons. The van der Waals surface area contributed by atoms with Crippen molar-refractivity contribution in [1.82, 2.24) is 9.97 Å². The molecule has 1 rings (SSSR count). The molecule has 6 heteroatoms. The highest BCUT2D eigenvalue weighted by molar-refractivity contribution is 5.85. The predicted octanol–water partition coefficient (Wildman–Crippen LogP) is 1.44. The molecule has 0 atom stereocenters. The zero-order chi connectivity index (χ0) is 14.1. The molecule has 0 saturated heterocycles. The Kier molecular flexibility index (Phi) is 6.52. The van der Waals surface area contributed by atoms with Crippen LogP contribution in [0.25, 0.3) is 6.08 Å². The Morgan fingerprint density at radius 1 is 1.42 bits per heavy atom. The average molecular weight is 265 g/mol. The molecule has 1 aromatic rings. The van der Waals surface area contributed by atoms with Crippen LogP contribution in [0.5, 0.6) is 0 Å². The molecule has 1 aromatic heterocycles. The van der Waals surface area contributed by atoms with Gasteiger partial charge >= 0.3 is 5.97 Å². The first-order valence-corrected chi connectivity index (χ1v) is 6.23. The topological polar surface area (TPSA) is 75.5 Å². The molecule has 0 bridgehead atoms. The number of aromatic nitrogens is 2. The first kappa shape index (κ1) is 15.1. The van der Waals surface area contributed by atoms with Gasteiger partial charge in [-0.15, -0.1) is 0 Å².